The molecule has 1 saturated heterocycles. The van der Waals surface area contributed by atoms with E-state index in [0.717, 1.165) is 5.69 Å². The molecule has 0 aliphatic carbocycles. The number of imidazole rings is 1. The number of hydrogen-bond donors (Lipinski definition) is 3. The second-order valence-electron chi connectivity index (χ2n) is 6.79. The topological polar surface area (TPSA) is 176 Å². The van der Waals surface area contributed by atoms with E-state index in [1.54, 1.807) is 6.20 Å². The molecular weight excluding hydrogens is 404 g/mol. The van der Waals surface area contributed by atoms with Crippen LogP contribution >= 0.6 is 0 Å². The number of carbonyl (C=O) groups excluding carboxylic acids is 1. The molecule has 160 valence electrons. The van der Waals surface area contributed by atoms with Gasteiger partial charge in [-0.3, -0.25) is 14.3 Å². The number of nitrogens with zero attached hydrogens (tertiary/aromatic N) is 8. The lowest BCUT2D eigenvalue weighted by atomic mass is 10.1. The van der Waals surface area contributed by atoms with Gasteiger partial charge in [0.2, 0.25) is 5.91 Å². The van der Waals surface area contributed by atoms with Crippen LogP contribution in [0.15, 0.2) is 42.2 Å². The lowest BCUT2D eigenvalue weighted by molar-refractivity contribution is -0.134. The van der Waals surface area contributed by atoms with E-state index in [4.69, 9.17) is 10.3 Å². The molecule has 1 aliphatic heterocycles. The Bertz CT molecular complexity index is 1110. The molecule has 1 fully saturated rings. The van der Waals surface area contributed by atoms with Gasteiger partial charge in [0.25, 0.3) is 0 Å². The third-order valence-corrected chi connectivity index (χ3v) is 4.96. The smallest absolute Gasteiger partial charge is 0.249 e. The third kappa shape index (κ3) is 3.97. The molecule has 0 bridgehead atoms. The van der Waals surface area contributed by atoms with Crippen molar-refractivity contribution in [3.05, 3.63) is 53.2 Å². The first-order valence-corrected chi connectivity index (χ1v) is 9.54. The molecule has 3 aromatic rings. The number of azide groups is 1. The van der Waals surface area contributed by atoms with Crippen LogP contribution in [-0.4, -0.2) is 67.4 Å². The summed E-state index contributed by atoms with van der Waals surface area (Å²) in [6.07, 6.45) is 1.81. The number of nitrogens with one attached hydrogen (secondary N) is 2. The van der Waals surface area contributed by atoms with Gasteiger partial charge in [0, 0.05) is 36.8 Å². The Morgan fingerprint density at radius 2 is 2.23 bits per heavy atom. The zero-order valence-corrected chi connectivity index (χ0v) is 16.5. The molecule has 4 heterocycles. The molecule has 0 radical (unpaired) electrons. The number of aliphatic hydroxyl groups is 1. The van der Waals surface area contributed by atoms with Crippen molar-refractivity contribution in [3.63, 3.8) is 0 Å². The van der Waals surface area contributed by atoms with Gasteiger partial charge in [0.15, 0.2) is 23.2 Å². The van der Waals surface area contributed by atoms with Gasteiger partial charge in [-0.25, -0.2) is 15.0 Å². The van der Waals surface area contributed by atoms with Crippen molar-refractivity contribution in [2.24, 2.45) is 5.11 Å². The number of hydrogen-bond acceptors (Lipinski definition) is 9. The van der Waals surface area contributed by atoms with Gasteiger partial charge in [0.1, 0.15) is 24.6 Å². The van der Waals surface area contributed by atoms with Crippen molar-refractivity contribution < 1.29 is 14.6 Å². The minimum atomic E-state index is -1.27. The zero-order chi connectivity index (χ0) is 21.8. The van der Waals surface area contributed by atoms with Crippen LogP contribution in [0, 0.1) is 0 Å². The predicted molar refractivity (Wildman–Crippen MR) is 109 cm³/mol. The number of likely N-dealkylation sites (N-methyl/N-ethyl adjacent to an activating group) is 1. The molecule has 0 saturated carbocycles. The summed E-state index contributed by atoms with van der Waals surface area (Å²) in [6.45, 7) is 0.580. The maximum absolute atomic E-state index is 12.1. The SMILES string of the molecule is CNC(=O)C1OC(n2cnc3c(NCCc4ccccn4)ncnc32)C(O)C1N=[N+]=[N-]. The number of ether oxygens (including phenoxy) is 1. The van der Waals surface area contributed by atoms with Crippen LogP contribution in [0.4, 0.5) is 5.82 Å². The van der Waals surface area contributed by atoms with E-state index in [-0.39, 0.29) is 0 Å². The van der Waals surface area contributed by atoms with Crippen LogP contribution < -0.4 is 10.6 Å². The molecule has 4 unspecified atom stereocenters. The molecular formula is C18H20N10O3. The van der Waals surface area contributed by atoms with E-state index in [1.807, 2.05) is 18.2 Å². The number of amides is 1. The minimum absolute atomic E-state index is 0.400. The Kier molecular flexibility index (Phi) is 5.89. The zero-order valence-electron chi connectivity index (χ0n) is 16.5. The fraction of sp³-hybridized carbons (Fsp3) is 0.389. The summed E-state index contributed by atoms with van der Waals surface area (Å²) in [5.74, 6) is 0.0106. The summed E-state index contributed by atoms with van der Waals surface area (Å²) in [6, 6.07) is 4.63. The van der Waals surface area contributed by atoms with Crippen LogP contribution in [0.25, 0.3) is 21.6 Å². The van der Waals surface area contributed by atoms with Crippen LogP contribution in [0.1, 0.15) is 11.9 Å². The standard InChI is InChI=1S/C18H20N10O3/c1-20-17(30)14-11(26-27-19)13(29)18(31-14)28-9-25-12-15(23-8-24-16(12)28)22-7-5-10-4-2-3-6-21-10/h2-4,6,8-9,11,13-14,18,29H,5,7H2,1H3,(H,20,30)(H,22,23,24). The van der Waals surface area contributed by atoms with E-state index in [9.17, 15) is 9.90 Å². The van der Waals surface area contributed by atoms with E-state index in [0.29, 0.717) is 29.9 Å². The molecule has 3 aromatic heterocycles. The number of anilines is 1. The van der Waals surface area contributed by atoms with Gasteiger partial charge in [-0.05, 0) is 17.7 Å². The largest absolute Gasteiger partial charge is 0.388 e. The first-order valence-electron chi connectivity index (χ1n) is 9.54. The van der Waals surface area contributed by atoms with Crippen molar-refractivity contribution in [2.75, 3.05) is 18.9 Å². The quantitative estimate of drug-likeness (QED) is 0.280. The maximum Gasteiger partial charge on any atom is 0.249 e. The Morgan fingerprint density at radius 3 is 2.97 bits per heavy atom. The third-order valence-electron chi connectivity index (χ3n) is 4.96. The summed E-state index contributed by atoms with van der Waals surface area (Å²) >= 11 is 0. The number of aliphatic hydroxyl groups excluding tert-OH is 1. The van der Waals surface area contributed by atoms with Crippen LogP contribution in [0.3, 0.4) is 0 Å². The average molecular weight is 424 g/mol. The summed E-state index contributed by atoms with van der Waals surface area (Å²) in [4.78, 5) is 32.0. The first-order chi connectivity index (χ1) is 15.1. The van der Waals surface area contributed by atoms with Gasteiger partial charge in [-0.1, -0.05) is 11.2 Å². The molecule has 3 N–H and O–H groups in total. The number of carbonyl (C=O) groups is 1. The molecule has 1 aliphatic rings. The fourth-order valence-corrected chi connectivity index (χ4v) is 3.46. The number of rotatable bonds is 7. The highest BCUT2D eigenvalue weighted by molar-refractivity contribution is 5.83. The van der Waals surface area contributed by atoms with Gasteiger partial charge < -0.3 is 20.5 Å². The lowest BCUT2D eigenvalue weighted by Gasteiger charge is -2.16. The molecule has 13 heteroatoms. The fourth-order valence-electron chi connectivity index (χ4n) is 3.46. The highest BCUT2D eigenvalue weighted by Crippen LogP contribution is 2.34. The normalized spacial score (nSPS) is 22.8. The maximum atomic E-state index is 12.1. The Balaban J connectivity index is 1.57. The summed E-state index contributed by atoms with van der Waals surface area (Å²) in [7, 11) is 1.43. The van der Waals surface area contributed by atoms with Crippen LogP contribution in [-0.2, 0) is 16.0 Å². The molecule has 13 nitrogen and oxygen atoms in total. The van der Waals surface area contributed by atoms with Gasteiger partial charge >= 0.3 is 0 Å². The molecule has 1 amide bonds. The second-order valence-corrected chi connectivity index (χ2v) is 6.79. The Hall–Kier alpha value is -3.80. The molecule has 4 atom stereocenters. The Labute approximate surface area is 176 Å². The van der Waals surface area contributed by atoms with E-state index in [2.05, 4.69) is 40.6 Å². The van der Waals surface area contributed by atoms with Crippen molar-refractivity contribution in [2.45, 2.75) is 30.9 Å². The monoisotopic (exact) mass is 424 g/mol. The van der Waals surface area contributed by atoms with E-state index < -0.39 is 30.4 Å². The number of aromatic nitrogens is 5. The summed E-state index contributed by atoms with van der Waals surface area (Å²) < 4.78 is 7.22. The van der Waals surface area contributed by atoms with Crippen molar-refractivity contribution >= 4 is 22.9 Å². The van der Waals surface area contributed by atoms with Crippen molar-refractivity contribution in [1.82, 2.24) is 29.8 Å². The highest BCUT2D eigenvalue weighted by atomic mass is 16.5. The first kappa shape index (κ1) is 20.5. The number of pyridine rings is 1. The molecule has 31 heavy (non-hydrogen) atoms. The molecule has 4 rings (SSSR count). The van der Waals surface area contributed by atoms with E-state index >= 15 is 0 Å². The van der Waals surface area contributed by atoms with E-state index in [1.165, 1.54) is 24.3 Å². The predicted octanol–water partition coefficient (Wildman–Crippen LogP) is 0.559. The lowest BCUT2D eigenvalue weighted by Crippen LogP contribution is -2.40. The average Bonchev–Trinajstić information content (AvgIpc) is 3.36. The minimum Gasteiger partial charge on any atom is -0.388 e. The van der Waals surface area contributed by atoms with Gasteiger partial charge in [0.05, 0.1) is 6.33 Å². The van der Waals surface area contributed by atoms with Gasteiger partial charge in [-0.15, -0.1) is 0 Å². The number of fused-ring (bicyclic) bond motifs is 1. The molecule has 0 aromatic carbocycles. The summed E-state index contributed by atoms with van der Waals surface area (Å²) in [5, 5.41) is 19.9. The van der Waals surface area contributed by atoms with Crippen molar-refractivity contribution in [3.8, 4) is 0 Å². The van der Waals surface area contributed by atoms with Crippen LogP contribution in [0.2, 0.25) is 0 Å². The van der Waals surface area contributed by atoms with Crippen LogP contribution in [0.5, 0.6) is 0 Å². The second kappa shape index (κ2) is 8.92. The van der Waals surface area contributed by atoms with Crippen molar-refractivity contribution in [1.29, 1.82) is 0 Å². The summed E-state index contributed by atoms with van der Waals surface area (Å²) in [5.41, 5.74) is 10.6. The Morgan fingerprint density at radius 1 is 1.35 bits per heavy atom. The molecule has 0 spiro atoms. The highest BCUT2D eigenvalue weighted by Gasteiger charge is 2.48. The van der Waals surface area contributed by atoms with Gasteiger partial charge in [-0.2, -0.15) is 0 Å².